The number of ether oxygens (including phenoxy) is 4. The Morgan fingerprint density at radius 3 is 2.67 bits per heavy atom. The molecule has 7 unspecified atom stereocenters. The van der Waals surface area contributed by atoms with E-state index in [9.17, 15) is 20.4 Å². The van der Waals surface area contributed by atoms with Crippen LogP contribution in [-0.4, -0.2) is 108 Å². The van der Waals surface area contributed by atoms with Gasteiger partial charge in [0.1, 0.15) is 23.5 Å². The third-order valence-electron chi connectivity index (χ3n) is 7.05. The lowest BCUT2D eigenvalue weighted by Crippen LogP contribution is -2.79. The number of nitrogens with one attached hydrogen (secondary N) is 3. The van der Waals surface area contributed by atoms with Gasteiger partial charge in [0.25, 0.3) is 0 Å². The van der Waals surface area contributed by atoms with Gasteiger partial charge in [-0.1, -0.05) is 6.92 Å². The second kappa shape index (κ2) is 9.53. The second-order valence-electron chi connectivity index (χ2n) is 9.62. The maximum atomic E-state index is 11.2. The Balaban J connectivity index is 1.56. The summed E-state index contributed by atoms with van der Waals surface area (Å²) in [7, 11) is 1.64. The molecule has 12 heteroatoms. The van der Waals surface area contributed by atoms with E-state index in [1.165, 1.54) is 0 Å². The smallest absolute Gasteiger partial charge is 0.227 e. The zero-order chi connectivity index (χ0) is 24.0. The van der Waals surface area contributed by atoms with Gasteiger partial charge in [-0.2, -0.15) is 0 Å². The Labute approximate surface area is 193 Å². The van der Waals surface area contributed by atoms with Crippen LogP contribution in [0.4, 0.5) is 0 Å². The van der Waals surface area contributed by atoms with Crippen molar-refractivity contribution in [2.45, 2.75) is 93.4 Å². The van der Waals surface area contributed by atoms with Gasteiger partial charge in [-0.15, -0.1) is 0 Å². The maximum absolute atomic E-state index is 11.2. The van der Waals surface area contributed by atoms with Crippen molar-refractivity contribution in [3.63, 3.8) is 0 Å². The van der Waals surface area contributed by atoms with Crippen LogP contribution in [0.2, 0.25) is 0 Å². The molecule has 3 fully saturated rings. The number of fused-ring (bicyclic) bond motifs is 1. The molecule has 4 aliphatic heterocycles. The van der Waals surface area contributed by atoms with Gasteiger partial charge in [-0.05, 0) is 33.4 Å². The topological polar surface area (TPSA) is 180 Å². The first kappa shape index (κ1) is 25.0. The van der Waals surface area contributed by atoms with Gasteiger partial charge in [0, 0.05) is 12.5 Å². The first-order valence-corrected chi connectivity index (χ1v) is 11.7. The van der Waals surface area contributed by atoms with E-state index in [0.29, 0.717) is 25.8 Å². The van der Waals surface area contributed by atoms with Crippen molar-refractivity contribution in [2.24, 2.45) is 5.73 Å². The summed E-state index contributed by atoms with van der Waals surface area (Å²) in [5.74, 6) is 0.0300. The molecule has 12 nitrogen and oxygen atoms in total. The van der Waals surface area contributed by atoms with Crippen molar-refractivity contribution in [3.05, 3.63) is 11.5 Å². The Morgan fingerprint density at radius 1 is 1.30 bits per heavy atom. The molecule has 9 N–H and O–H groups in total. The minimum atomic E-state index is -1.29. The Kier molecular flexibility index (Phi) is 7.23. The minimum Gasteiger partial charge on any atom is -0.506 e. The molecule has 1 aliphatic carbocycles. The molecule has 0 saturated carbocycles. The molecule has 3 saturated heterocycles. The van der Waals surface area contributed by atoms with E-state index in [4.69, 9.17) is 24.7 Å². The van der Waals surface area contributed by atoms with E-state index in [-0.39, 0.29) is 36.9 Å². The van der Waals surface area contributed by atoms with E-state index in [1.807, 2.05) is 6.92 Å². The van der Waals surface area contributed by atoms with Crippen LogP contribution >= 0.6 is 0 Å². The number of aliphatic hydroxyl groups excluding tert-OH is 3. The molecule has 2 bridgehead atoms. The third-order valence-corrected chi connectivity index (χ3v) is 7.05. The van der Waals surface area contributed by atoms with Crippen LogP contribution in [0.3, 0.4) is 0 Å². The number of nitrogens with two attached hydrogens (primary N) is 1. The summed E-state index contributed by atoms with van der Waals surface area (Å²) in [6.07, 6.45) is -2.45. The van der Waals surface area contributed by atoms with Gasteiger partial charge >= 0.3 is 0 Å². The average molecular weight is 475 g/mol. The van der Waals surface area contributed by atoms with Crippen LogP contribution in [-0.2, 0) is 18.9 Å². The summed E-state index contributed by atoms with van der Waals surface area (Å²) in [5, 5.41) is 51.6. The van der Waals surface area contributed by atoms with Gasteiger partial charge in [-0.3, -0.25) is 10.6 Å². The van der Waals surface area contributed by atoms with Gasteiger partial charge in [0.05, 0.1) is 31.4 Å². The van der Waals surface area contributed by atoms with Gasteiger partial charge in [-0.25, -0.2) is 0 Å². The third kappa shape index (κ3) is 4.49. The first-order valence-electron chi connectivity index (χ1n) is 11.7. The highest BCUT2D eigenvalue weighted by molar-refractivity contribution is 5.33. The van der Waals surface area contributed by atoms with Gasteiger partial charge in [0.2, 0.25) is 6.29 Å². The molecular formula is C21H38N4O8. The second-order valence-corrected chi connectivity index (χ2v) is 9.62. The lowest BCUT2D eigenvalue weighted by molar-refractivity contribution is -0.270. The normalized spacial score (nSPS) is 47.8. The predicted octanol–water partition coefficient (Wildman–Crippen LogP) is -2.28. The van der Waals surface area contributed by atoms with E-state index >= 15 is 0 Å². The van der Waals surface area contributed by atoms with Crippen LogP contribution in [0.15, 0.2) is 11.5 Å². The summed E-state index contributed by atoms with van der Waals surface area (Å²) in [5.41, 5.74) is 4.05. The number of rotatable bonds is 8. The van der Waals surface area contributed by atoms with Crippen molar-refractivity contribution in [1.29, 1.82) is 0 Å². The molecule has 10 atom stereocenters. The number of hydrogen-bond acceptors (Lipinski definition) is 12. The summed E-state index contributed by atoms with van der Waals surface area (Å²) in [4.78, 5) is 0. The van der Waals surface area contributed by atoms with Gasteiger partial charge < -0.3 is 50.4 Å². The summed E-state index contributed by atoms with van der Waals surface area (Å²) in [6.45, 7) is 3.91. The van der Waals surface area contributed by atoms with E-state index in [2.05, 4.69) is 16.0 Å². The van der Waals surface area contributed by atoms with Gasteiger partial charge in [0.15, 0.2) is 17.8 Å². The van der Waals surface area contributed by atoms with Crippen LogP contribution in [0.5, 0.6) is 0 Å². The standard InChI is InChI=1S/C21H38N4O8/c1-4-24-21-7-12(25-21)15(32-18-11(22)6-5-10(8-26)31-18)13(27)17(21)33-19-14(28)16(23-3)20(2,29)9-30-19/h10-12,14-16,18-19,23-29H,4-9,22H2,1-3H3/t10?,11?,12?,14?,15?,16?,18-,19-,20+,21?/m1/s1. The fraction of sp³-hybridized carbons (Fsp3) is 0.905. The molecule has 33 heavy (non-hydrogen) atoms. The minimum absolute atomic E-state index is 0.0637. The van der Waals surface area contributed by atoms with Crippen molar-refractivity contribution >= 4 is 0 Å². The molecular weight excluding hydrogens is 436 g/mol. The predicted molar refractivity (Wildman–Crippen MR) is 116 cm³/mol. The highest BCUT2D eigenvalue weighted by atomic mass is 16.7. The highest BCUT2D eigenvalue weighted by Crippen LogP contribution is 2.44. The largest absolute Gasteiger partial charge is 0.506 e. The summed E-state index contributed by atoms with van der Waals surface area (Å²) < 4.78 is 23.6. The van der Waals surface area contributed by atoms with E-state index < -0.39 is 48.1 Å². The monoisotopic (exact) mass is 474 g/mol. The molecule has 0 aromatic rings. The lowest BCUT2D eigenvalue weighted by Gasteiger charge is -2.57. The number of likely N-dealkylation sites (N-methyl/N-ethyl adjacent to an activating group) is 2. The summed E-state index contributed by atoms with van der Waals surface area (Å²) in [6, 6.07) is -1.30. The highest BCUT2D eigenvalue weighted by Gasteiger charge is 2.60. The molecule has 0 spiro atoms. The van der Waals surface area contributed by atoms with Crippen molar-refractivity contribution < 1.29 is 39.4 Å². The van der Waals surface area contributed by atoms with Crippen LogP contribution < -0.4 is 21.7 Å². The number of hydrogen-bond donors (Lipinski definition) is 8. The van der Waals surface area contributed by atoms with Crippen LogP contribution in [0.1, 0.15) is 33.1 Å². The molecule has 0 aromatic carbocycles. The Morgan fingerprint density at radius 2 is 2.03 bits per heavy atom. The molecule has 0 radical (unpaired) electrons. The molecule has 5 rings (SSSR count). The Hall–Kier alpha value is -1.06. The summed E-state index contributed by atoms with van der Waals surface area (Å²) >= 11 is 0. The SMILES string of the molecule is CCNC12CC(N1)C(O[C@H]1OC(CO)CCC1N)C(O)=C2O[C@H]1OC[C@](C)(O)C(NC)C1O. The van der Waals surface area contributed by atoms with Crippen molar-refractivity contribution in [1.82, 2.24) is 16.0 Å². The molecule has 4 heterocycles. The average Bonchev–Trinajstić information content (AvgIpc) is 2.74. The van der Waals surface area contributed by atoms with Crippen LogP contribution in [0.25, 0.3) is 0 Å². The van der Waals surface area contributed by atoms with Crippen LogP contribution in [0, 0.1) is 0 Å². The number of aliphatic hydroxyl groups is 4. The van der Waals surface area contributed by atoms with E-state index in [1.54, 1.807) is 14.0 Å². The molecule has 0 amide bonds. The first-order chi connectivity index (χ1) is 15.7. The van der Waals surface area contributed by atoms with Crippen molar-refractivity contribution in [2.75, 3.05) is 26.8 Å². The zero-order valence-electron chi connectivity index (χ0n) is 19.4. The maximum Gasteiger partial charge on any atom is 0.227 e. The molecule has 190 valence electrons. The fourth-order valence-corrected chi connectivity index (χ4v) is 5.28. The quantitative estimate of drug-likeness (QED) is 0.189. The molecule has 0 aromatic heterocycles. The zero-order valence-corrected chi connectivity index (χ0v) is 19.4. The van der Waals surface area contributed by atoms with E-state index in [0.717, 1.165) is 0 Å². The van der Waals surface area contributed by atoms with Crippen molar-refractivity contribution in [3.8, 4) is 0 Å². The fourth-order valence-electron chi connectivity index (χ4n) is 5.28. The Bertz CT molecular complexity index is 731. The molecule has 5 aliphatic rings. The lowest BCUT2D eigenvalue weighted by atomic mass is 9.77.